The lowest BCUT2D eigenvalue weighted by atomic mass is 10.2. The number of carbonyl (C=O) groups excluding carboxylic acids is 1. The predicted octanol–water partition coefficient (Wildman–Crippen LogP) is 2.00. The van der Waals surface area contributed by atoms with Gasteiger partial charge in [0.05, 0.1) is 29.4 Å². The van der Waals surface area contributed by atoms with Gasteiger partial charge < -0.3 is 4.90 Å². The summed E-state index contributed by atoms with van der Waals surface area (Å²) in [6.45, 7) is 1.02. The molecule has 2 heterocycles. The number of hydrogen-bond donors (Lipinski definition) is 2. The first-order chi connectivity index (χ1) is 12.5. The minimum absolute atomic E-state index is 0.0868. The van der Waals surface area contributed by atoms with Crippen LogP contribution in [0.25, 0.3) is 10.9 Å². The fraction of sp³-hybridized carbons (Fsp3) is 0.111. The molecule has 2 aromatic carbocycles. The number of rotatable bonds is 4. The highest BCUT2D eigenvalue weighted by Gasteiger charge is 2.22. The quantitative estimate of drug-likeness (QED) is 0.735. The molecule has 8 heteroatoms. The predicted molar refractivity (Wildman–Crippen MR) is 98.0 cm³/mol. The van der Waals surface area contributed by atoms with Gasteiger partial charge >= 0.3 is 0 Å². The van der Waals surface area contributed by atoms with Crippen LogP contribution < -0.4 is 10.0 Å². The molecular formula is C18H16N4O3S. The van der Waals surface area contributed by atoms with Crippen molar-refractivity contribution in [3.05, 3.63) is 66.4 Å². The zero-order chi connectivity index (χ0) is 18.1. The second-order valence-corrected chi connectivity index (χ2v) is 7.60. The monoisotopic (exact) mass is 368 g/mol. The first kappa shape index (κ1) is 16.5. The van der Waals surface area contributed by atoms with E-state index in [0.29, 0.717) is 30.1 Å². The van der Waals surface area contributed by atoms with Gasteiger partial charge in [-0.15, -0.1) is 0 Å². The van der Waals surface area contributed by atoms with Crippen LogP contribution in [0.2, 0.25) is 0 Å². The van der Waals surface area contributed by atoms with Crippen LogP contribution >= 0.6 is 0 Å². The van der Waals surface area contributed by atoms with Crippen molar-refractivity contribution in [3.8, 4) is 0 Å². The Balaban J connectivity index is 1.61. The van der Waals surface area contributed by atoms with Crippen LogP contribution in [-0.4, -0.2) is 37.5 Å². The third-order valence-corrected chi connectivity index (χ3v) is 5.56. The van der Waals surface area contributed by atoms with E-state index in [1.165, 1.54) is 24.3 Å². The molecule has 1 aliphatic rings. The van der Waals surface area contributed by atoms with E-state index in [0.717, 1.165) is 5.39 Å². The number of amides is 1. The number of hydrogen-bond acceptors (Lipinski definition) is 5. The Labute approximate surface area is 150 Å². The number of sulfonamides is 1. The van der Waals surface area contributed by atoms with Crippen molar-refractivity contribution >= 4 is 32.5 Å². The van der Waals surface area contributed by atoms with Gasteiger partial charge in [0.25, 0.3) is 15.9 Å². The normalized spacial score (nSPS) is 14.1. The SMILES string of the molecule is O=C(c1ccc(S(=O)(=O)Nc2cccc3cccnc23)cc1)N1CNC1. The molecule has 26 heavy (non-hydrogen) atoms. The topological polar surface area (TPSA) is 91.4 Å². The van der Waals surface area contributed by atoms with E-state index in [1.807, 2.05) is 12.1 Å². The average molecular weight is 368 g/mol. The standard InChI is InChI=1S/C18H16N4O3S/c23-18(22-11-19-12-22)14-6-8-15(9-7-14)26(24,25)21-16-5-1-3-13-4-2-10-20-17(13)16/h1-10,19,21H,11-12H2. The summed E-state index contributed by atoms with van der Waals surface area (Å²) < 4.78 is 27.9. The Morgan fingerprint density at radius 1 is 1.04 bits per heavy atom. The van der Waals surface area contributed by atoms with Crippen LogP contribution in [0.3, 0.4) is 0 Å². The fourth-order valence-electron chi connectivity index (χ4n) is 2.72. The zero-order valence-corrected chi connectivity index (χ0v) is 14.5. The van der Waals surface area contributed by atoms with Gasteiger partial charge in [0.1, 0.15) is 0 Å². The molecule has 0 spiro atoms. The van der Waals surface area contributed by atoms with Crippen molar-refractivity contribution in [2.24, 2.45) is 0 Å². The van der Waals surface area contributed by atoms with Crippen molar-refractivity contribution in [1.82, 2.24) is 15.2 Å². The summed E-state index contributed by atoms with van der Waals surface area (Å²) >= 11 is 0. The molecule has 1 amide bonds. The third kappa shape index (κ3) is 3.00. The summed E-state index contributed by atoms with van der Waals surface area (Å²) in [5.74, 6) is -0.126. The minimum atomic E-state index is -3.79. The van der Waals surface area contributed by atoms with Gasteiger partial charge in [-0.1, -0.05) is 18.2 Å². The molecule has 1 aliphatic heterocycles. The molecular weight excluding hydrogens is 352 g/mol. The highest BCUT2D eigenvalue weighted by Crippen LogP contribution is 2.24. The van der Waals surface area contributed by atoms with E-state index in [-0.39, 0.29) is 10.8 Å². The number of pyridine rings is 1. The van der Waals surface area contributed by atoms with E-state index in [1.54, 1.807) is 29.3 Å². The number of nitrogens with zero attached hydrogens (tertiary/aromatic N) is 2. The van der Waals surface area contributed by atoms with Gasteiger partial charge in [-0.25, -0.2) is 8.42 Å². The first-order valence-electron chi connectivity index (χ1n) is 8.01. The number of aromatic nitrogens is 1. The highest BCUT2D eigenvalue weighted by molar-refractivity contribution is 7.92. The van der Waals surface area contributed by atoms with E-state index < -0.39 is 10.0 Å². The van der Waals surface area contributed by atoms with Crippen LogP contribution in [0, 0.1) is 0 Å². The molecule has 1 fully saturated rings. The summed E-state index contributed by atoms with van der Waals surface area (Å²) in [5.41, 5.74) is 1.45. The fourth-order valence-corrected chi connectivity index (χ4v) is 3.78. The van der Waals surface area contributed by atoms with Gasteiger partial charge in [0.2, 0.25) is 0 Å². The van der Waals surface area contributed by atoms with Crippen molar-refractivity contribution in [2.45, 2.75) is 4.90 Å². The molecule has 0 unspecified atom stereocenters. The summed E-state index contributed by atoms with van der Waals surface area (Å²) in [4.78, 5) is 18.1. The molecule has 0 bridgehead atoms. The second kappa shape index (κ2) is 6.40. The van der Waals surface area contributed by atoms with E-state index in [9.17, 15) is 13.2 Å². The number of benzene rings is 2. The van der Waals surface area contributed by atoms with Crippen LogP contribution in [0.5, 0.6) is 0 Å². The highest BCUT2D eigenvalue weighted by atomic mass is 32.2. The Bertz CT molecular complexity index is 1070. The van der Waals surface area contributed by atoms with Crippen molar-refractivity contribution in [2.75, 3.05) is 18.1 Å². The molecule has 132 valence electrons. The number of fused-ring (bicyclic) bond motifs is 1. The van der Waals surface area contributed by atoms with Crippen molar-refractivity contribution in [3.63, 3.8) is 0 Å². The molecule has 1 saturated heterocycles. The van der Waals surface area contributed by atoms with Crippen LogP contribution in [0.1, 0.15) is 10.4 Å². The molecule has 0 radical (unpaired) electrons. The molecule has 0 saturated carbocycles. The lowest BCUT2D eigenvalue weighted by Crippen LogP contribution is -2.54. The Morgan fingerprint density at radius 2 is 1.77 bits per heavy atom. The average Bonchev–Trinajstić information content (AvgIpc) is 2.60. The molecule has 0 atom stereocenters. The number of para-hydroxylation sites is 1. The second-order valence-electron chi connectivity index (χ2n) is 5.92. The minimum Gasteiger partial charge on any atom is -0.313 e. The maximum Gasteiger partial charge on any atom is 0.261 e. The maximum absolute atomic E-state index is 12.7. The van der Waals surface area contributed by atoms with E-state index in [2.05, 4.69) is 15.0 Å². The van der Waals surface area contributed by atoms with Crippen LogP contribution in [0.15, 0.2) is 65.7 Å². The Kier molecular flexibility index (Phi) is 4.06. The Morgan fingerprint density at radius 3 is 2.46 bits per heavy atom. The molecule has 3 aromatic rings. The van der Waals surface area contributed by atoms with Gasteiger partial charge in [0.15, 0.2) is 0 Å². The lowest BCUT2D eigenvalue weighted by Gasteiger charge is -2.32. The molecule has 4 rings (SSSR count). The van der Waals surface area contributed by atoms with Crippen molar-refractivity contribution < 1.29 is 13.2 Å². The van der Waals surface area contributed by atoms with E-state index >= 15 is 0 Å². The maximum atomic E-state index is 12.7. The third-order valence-electron chi connectivity index (χ3n) is 4.18. The molecule has 2 N–H and O–H groups in total. The number of nitrogens with one attached hydrogen (secondary N) is 2. The zero-order valence-electron chi connectivity index (χ0n) is 13.7. The summed E-state index contributed by atoms with van der Waals surface area (Å²) in [5, 5.41) is 3.83. The molecule has 1 aromatic heterocycles. The number of carbonyl (C=O) groups is 1. The first-order valence-corrected chi connectivity index (χ1v) is 9.49. The largest absolute Gasteiger partial charge is 0.313 e. The van der Waals surface area contributed by atoms with Crippen molar-refractivity contribution in [1.29, 1.82) is 0 Å². The van der Waals surface area contributed by atoms with Gasteiger partial charge in [-0.3, -0.25) is 19.8 Å². The van der Waals surface area contributed by atoms with Gasteiger partial charge in [-0.05, 0) is 36.4 Å². The summed E-state index contributed by atoms with van der Waals surface area (Å²) in [6.07, 6.45) is 1.62. The van der Waals surface area contributed by atoms with Crippen LogP contribution in [0.4, 0.5) is 5.69 Å². The van der Waals surface area contributed by atoms with Gasteiger partial charge in [-0.2, -0.15) is 0 Å². The number of anilines is 1. The molecule has 0 aliphatic carbocycles. The Hall–Kier alpha value is -2.97. The summed E-state index contributed by atoms with van der Waals surface area (Å²) in [6, 6.07) is 14.9. The molecule has 7 nitrogen and oxygen atoms in total. The van der Waals surface area contributed by atoms with Crippen LogP contribution in [-0.2, 0) is 10.0 Å². The smallest absolute Gasteiger partial charge is 0.261 e. The summed E-state index contributed by atoms with van der Waals surface area (Å²) in [7, 11) is -3.79. The van der Waals surface area contributed by atoms with Gasteiger partial charge in [0, 0.05) is 17.1 Å². The lowest BCUT2D eigenvalue weighted by molar-refractivity contribution is 0.0582. The van der Waals surface area contributed by atoms with E-state index in [4.69, 9.17) is 0 Å².